The van der Waals surface area contributed by atoms with Crippen LogP contribution < -0.4 is 10.1 Å². The number of methoxy groups -OCH3 is 1. The van der Waals surface area contributed by atoms with E-state index in [-0.39, 0.29) is 0 Å². The summed E-state index contributed by atoms with van der Waals surface area (Å²) in [6, 6.07) is 4.07. The van der Waals surface area contributed by atoms with E-state index in [2.05, 4.69) is 9.47 Å². The fourth-order valence-electron chi connectivity index (χ4n) is 1.59. The number of anilines is 1. The first kappa shape index (κ1) is 23.7. The van der Waals surface area contributed by atoms with Gasteiger partial charge in [0.15, 0.2) is 0 Å². The SMILES string of the molecule is COc1ccccc1NC(=O)C(F)(OC(F)(F)C(F)(F)C(F)(F)F)C(F)(F)F. The minimum Gasteiger partial charge on any atom is -0.495 e. The summed E-state index contributed by atoms with van der Waals surface area (Å²) >= 11 is 0. The van der Waals surface area contributed by atoms with Crippen molar-refractivity contribution in [2.24, 2.45) is 0 Å². The van der Waals surface area contributed by atoms with Gasteiger partial charge >= 0.3 is 30.2 Å². The molecule has 0 heterocycles. The van der Waals surface area contributed by atoms with Crippen molar-refractivity contribution < 1.29 is 62.6 Å². The summed E-state index contributed by atoms with van der Waals surface area (Å²) in [4.78, 5) is 11.6. The zero-order valence-corrected chi connectivity index (χ0v) is 13.2. The van der Waals surface area contributed by atoms with Crippen LogP contribution >= 0.6 is 0 Å². The summed E-state index contributed by atoms with van der Waals surface area (Å²) in [5, 5.41) is 1.08. The number of alkyl halides is 11. The van der Waals surface area contributed by atoms with Gasteiger partial charge in [0.2, 0.25) is 0 Å². The van der Waals surface area contributed by atoms with Crippen LogP contribution in [0.15, 0.2) is 24.3 Å². The lowest BCUT2D eigenvalue weighted by atomic mass is 10.2. The van der Waals surface area contributed by atoms with E-state index in [4.69, 9.17) is 0 Å². The normalized spacial score (nSPS) is 15.7. The molecule has 0 saturated heterocycles. The third-order valence-corrected chi connectivity index (χ3v) is 3.00. The molecule has 4 nitrogen and oxygen atoms in total. The molecule has 0 aromatic heterocycles. The Morgan fingerprint density at radius 2 is 1.36 bits per heavy atom. The van der Waals surface area contributed by atoms with Gasteiger partial charge in [0.25, 0.3) is 5.91 Å². The molecule has 1 aromatic carbocycles. The van der Waals surface area contributed by atoms with Gasteiger partial charge in [-0.3, -0.25) is 9.53 Å². The van der Waals surface area contributed by atoms with E-state index in [0.29, 0.717) is 0 Å². The maximum atomic E-state index is 14.0. The molecule has 0 aliphatic carbocycles. The Balaban J connectivity index is 3.35. The number of carbonyl (C=O) groups is 1. The largest absolute Gasteiger partial charge is 0.495 e. The van der Waals surface area contributed by atoms with Crippen molar-refractivity contribution in [1.29, 1.82) is 0 Å². The summed E-state index contributed by atoms with van der Waals surface area (Å²) in [5.74, 6) is -17.1. The van der Waals surface area contributed by atoms with Crippen molar-refractivity contribution in [2.75, 3.05) is 12.4 Å². The van der Waals surface area contributed by atoms with Crippen LogP contribution in [0.25, 0.3) is 0 Å². The molecule has 0 aliphatic heterocycles. The molecule has 1 unspecified atom stereocenters. The van der Waals surface area contributed by atoms with E-state index >= 15 is 0 Å². The molecule has 160 valence electrons. The molecule has 1 N–H and O–H groups in total. The molecule has 1 rings (SSSR count). The van der Waals surface area contributed by atoms with E-state index in [1.165, 1.54) is 6.07 Å². The Labute approximate surface area is 148 Å². The highest BCUT2D eigenvalue weighted by molar-refractivity contribution is 5.98. The van der Waals surface area contributed by atoms with Gasteiger partial charge in [-0.2, -0.15) is 48.3 Å². The quantitative estimate of drug-likeness (QED) is 0.661. The van der Waals surface area contributed by atoms with E-state index in [9.17, 15) is 53.1 Å². The maximum Gasteiger partial charge on any atom is 0.462 e. The fourth-order valence-corrected chi connectivity index (χ4v) is 1.59. The monoisotopic (exact) mass is 435 g/mol. The lowest BCUT2D eigenvalue weighted by Crippen LogP contribution is -2.62. The van der Waals surface area contributed by atoms with Gasteiger partial charge in [-0.05, 0) is 12.1 Å². The van der Waals surface area contributed by atoms with Gasteiger partial charge < -0.3 is 10.1 Å². The maximum absolute atomic E-state index is 14.0. The molecule has 0 radical (unpaired) electrons. The van der Waals surface area contributed by atoms with Crippen LogP contribution in [-0.4, -0.2) is 43.3 Å². The fraction of sp³-hybridized carbons (Fsp3) is 0.462. The molecular formula is C13H8F11NO3. The standard InChI is InChI=1S/C13H8F11NO3/c1-27-7-5-3-2-4-6(7)25-8(26)9(14,11(17,18)19)28-13(23,24)10(15,16)12(20,21)22/h2-5H,1H3,(H,25,26). The van der Waals surface area contributed by atoms with Crippen LogP contribution in [0.2, 0.25) is 0 Å². The van der Waals surface area contributed by atoms with Crippen molar-refractivity contribution in [2.45, 2.75) is 30.2 Å². The van der Waals surface area contributed by atoms with Gasteiger partial charge in [0.1, 0.15) is 5.75 Å². The molecule has 0 fully saturated rings. The third kappa shape index (κ3) is 4.23. The lowest BCUT2D eigenvalue weighted by Gasteiger charge is -2.34. The van der Waals surface area contributed by atoms with Gasteiger partial charge in [-0.1, -0.05) is 12.1 Å². The highest BCUT2D eigenvalue weighted by Crippen LogP contribution is 2.51. The van der Waals surface area contributed by atoms with Gasteiger partial charge in [-0.25, -0.2) is 0 Å². The van der Waals surface area contributed by atoms with Crippen LogP contribution in [0.4, 0.5) is 54.0 Å². The Morgan fingerprint density at radius 1 is 0.857 bits per heavy atom. The summed E-state index contributed by atoms with van der Waals surface area (Å²) in [6.07, 6.45) is -21.0. The molecular weight excluding hydrogens is 427 g/mol. The topological polar surface area (TPSA) is 47.6 Å². The summed E-state index contributed by atoms with van der Waals surface area (Å²) < 4.78 is 147. The second kappa shape index (κ2) is 7.25. The van der Waals surface area contributed by atoms with Crippen LogP contribution in [-0.2, 0) is 9.53 Å². The molecule has 1 amide bonds. The predicted molar refractivity (Wildman–Crippen MR) is 68.6 cm³/mol. The first-order valence-electron chi connectivity index (χ1n) is 6.63. The molecule has 0 bridgehead atoms. The van der Waals surface area contributed by atoms with E-state index < -0.39 is 47.6 Å². The molecule has 0 saturated carbocycles. The number of halogens is 11. The van der Waals surface area contributed by atoms with E-state index in [1.807, 2.05) is 0 Å². The van der Waals surface area contributed by atoms with Crippen molar-refractivity contribution in [1.82, 2.24) is 0 Å². The summed E-state index contributed by atoms with van der Waals surface area (Å²) in [5.41, 5.74) is -0.754. The van der Waals surface area contributed by atoms with Crippen LogP contribution in [0.1, 0.15) is 0 Å². The summed E-state index contributed by atoms with van der Waals surface area (Å²) in [6.45, 7) is 0. The minimum atomic E-state index is -7.26. The van der Waals surface area contributed by atoms with Gasteiger partial charge in [0.05, 0.1) is 12.8 Å². The van der Waals surface area contributed by atoms with Crippen LogP contribution in [0.5, 0.6) is 5.75 Å². The van der Waals surface area contributed by atoms with Crippen molar-refractivity contribution in [3.8, 4) is 5.75 Å². The average Bonchev–Trinajstić information content (AvgIpc) is 2.52. The summed E-state index contributed by atoms with van der Waals surface area (Å²) in [7, 11) is 0.936. The molecule has 28 heavy (non-hydrogen) atoms. The number of hydrogen-bond donors (Lipinski definition) is 1. The zero-order valence-electron chi connectivity index (χ0n) is 13.2. The lowest BCUT2D eigenvalue weighted by molar-refractivity contribution is -0.472. The number of hydrogen-bond acceptors (Lipinski definition) is 3. The first-order valence-corrected chi connectivity index (χ1v) is 6.63. The third-order valence-electron chi connectivity index (χ3n) is 3.00. The first-order chi connectivity index (χ1) is 12.4. The van der Waals surface area contributed by atoms with Crippen molar-refractivity contribution in [3.05, 3.63) is 24.3 Å². The Hall–Kier alpha value is -2.32. The molecule has 0 spiro atoms. The zero-order chi connectivity index (χ0) is 22.2. The second-order valence-electron chi connectivity index (χ2n) is 4.94. The van der Waals surface area contributed by atoms with Gasteiger partial charge in [-0.15, -0.1) is 0 Å². The Morgan fingerprint density at radius 3 is 1.79 bits per heavy atom. The molecule has 15 heteroatoms. The number of rotatable bonds is 6. The van der Waals surface area contributed by atoms with Crippen LogP contribution in [0.3, 0.4) is 0 Å². The van der Waals surface area contributed by atoms with Gasteiger partial charge in [0, 0.05) is 0 Å². The number of para-hydroxylation sites is 2. The minimum absolute atomic E-state index is 0.423. The Kier molecular flexibility index (Phi) is 6.14. The van der Waals surface area contributed by atoms with Crippen molar-refractivity contribution in [3.63, 3.8) is 0 Å². The number of nitrogens with one attached hydrogen (secondary N) is 1. The Bertz CT molecular complexity index is 716. The smallest absolute Gasteiger partial charge is 0.462 e. The molecule has 0 aliphatic rings. The van der Waals surface area contributed by atoms with Crippen molar-refractivity contribution >= 4 is 11.6 Å². The highest BCUT2D eigenvalue weighted by atomic mass is 19.4. The number of ether oxygens (including phenoxy) is 2. The van der Waals surface area contributed by atoms with E-state index in [0.717, 1.165) is 30.6 Å². The predicted octanol–water partition coefficient (Wildman–Crippen LogP) is 4.67. The average molecular weight is 435 g/mol. The second-order valence-corrected chi connectivity index (χ2v) is 4.94. The van der Waals surface area contributed by atoms with E-state index in [1.54, 1.807) is 0 Å². The molecule has 1 aromatic rings. The molecule has 1 atom stereocenters. The van der Waals surface area contributed by atoms with Crippen LogP contribution in [0, 0.1) is 0 Å². The number of benzene rings is 1. The highest BCUT2D eigenvalue weighted by Gasteiger charge is 2.79. The number of amides is 1. The number of carbonyl (C=O) groups excluding carboxylic acids is 1.